The standard InChI is InChI=1S/C6H6O2.2H3NO2S/c7-5-3-1-2-4-6(5)8;2*1-4(2)3/h1-4,7-8H;2*4H,(H2,1,2,3). The molecule has 8 nitrogen and oxygen atoms in total. The summed E-state index contributed by atoms with van der Waals surface area (Å²) < 4.78 is 35.3. The van der Waals surface area contributed by atoms with Crippen molar-refractivity contribution < 1.29 is 27.0 Å². The van der Waals surface area contributed by atoms with Crippen molar-refractivity contribution in [2.24, 2.45) is 10.3 Å². The summed E-state index contributed by atoms with van der Waals surface area (Å²) in [6, 6.07) is 6.15. The van der Waals surface area contributed by atoms with E-state index in [1.807, 2.05) is 0 Å². The predicted octanol–water partition coefficient (Wildman–Crippen LogP) is -1.96. The van der Waals surface area contributed by atoms with Crippen LogP contribution in [0.2, 0.25) is 0 Å². The lowest BCUT2D eigenvalue weighted by Crippen LogP contribution is -1.85. The molecule has 0 aliphatic heterocycles. The van der Waals surface area contributed by atoms with Crippen molar-refractivity contribution in [2.75, 3.05) is 0 Å². The Labute approximate surface area is 95.3 Å². The first-order valence-corrected chi connectivity index (χ1v) is 6.01. The molecule has 1 aromatic rings. The van der Waals surface area contributed by atoms with E-state index < -0.39 is 21.8 Å². The zero-order chi connectivity index (χ0) is 13.1. The number of aromatic hydroxyl groups is 2. The van der Waals surface area contributed by atoms with E-state index >= 15 is 0 Å². The lowest BCUT2D eigenvalue weighted by molar-refractivity contribution is 0.404. The molecular weight excluding hydrogens is 260 g/mol. The van der Waals surface area contributed by atoms with Gasteiger partial charge in [-0.3, -0.25) is 0 Å². The molecule has 10 heteroatoms. The Morgan fingerprint density at radius 2 is 1.00 bits per heavy atom. The molecule has 6 N–H and O–H groups in total. The molecule has 0 unspecified atom stereocenters. The van der Waals surface area contributed by atoms with E-state index in [9.17, 15) is 0 Å². The number of phenols is 2. The Balaban J connectivity index is 0. The summed E-state index contributed by atoms with van der Waals surface area (Å²) in [5.41, 5.74) is 0. The highest BCUT2D eigenvalue weighted by Crippen LogP contribution is 2.21. The van der Waals surface area contributed by atoms with Crippen LogP contribution in [0.25, 0.3) is 0 Å². The van der Waals surface area contributed by atoms with Gasteiger partial charge in [0, 0.05) is 0 Å². The van der Waals surface area contributed by atoms with Gasteiger partial charge in [0.2, 0.25) is 0 Å². The summed E-state index contributed by atoms with van der Waals surface area (Å²) in [7, 11) is -5.24. The summed E-state index contributed by atoms with van der Waals surface area (Å²) in [5, 5.41) is 25.5. The van der Waals surface area contributed by atoms with E-state index in [2.05, 4.69) is 10.3 Å². The Hall–Kier alpha value is -1.36. The van der Waals surface area contributed by atoms with E-state index in [-0.39, 0.29) is 11.5 Å². The monoisotopic (exact) mass is 272 g/mol. The maximum Gasteiger partial charge on any atom is 0.198 e. The van der Waals surface area contributed by atoms with E-state index in [0.29, 0.717) is 0 Å². The van der Waals surface area contributed by atoms with Gasteiger partial charge in [-0.1, -0.05) is 12.1 Å². The van der Waals surface area contributed by atoms with Crippen LogP contribution in [0.5, 0.6) is 11.5 Å². The quantitative estimate of drug-likeness (QED) is 0.237. The molecule has 0 fully saturated rings. The first kappa shape index (κ1) is 17.0. The van der Waals surface area contributed by atoms with E-state index in [1.54, 1.807) is 12.1 Å². The fourth-order valence-electron chi connectivity index (χ4n) is 0.464. The van der Waals surface area contributed by atoms with Gasteiger partial charge in [-0.25, -0.2) is 27.1 Å². The fourth-order valence-corrected chi connectivity index (χ4v) is 0.464. The lowest BCUT2D eigenvalue weighted by Gasteiger charge is -1.91. The van der Waals surface area contributed by atoms with Gasteiger partial charge in [0.15, 0.2) is 33.3 Å². The molecule has 1 aromatic carbocycles. The van der Waals surface area contributed by atoms with Crippen LogP contribution in [0, 0.1) is 0 Å². The molecule has 0 spiro atoms. The number of benzene rings is 1. The number of rotatable bonds is 0. The molecule has 0 bridgehead atoms. The van der Waals surface area contributed by atoms with Gasteiger partial charge in [-0.15, -0.1) is 0 Å². The third-order valence-corrected chi connectivity index (χ3v) is 0.882. The van der Waals surface area contributed by atoms with Gasteiger partial charge < -0.3 is 10.2 Å². The largest absolute Gasteiger partial charge is 0.504 e. The minimum absolute atomic E-state index is 0.0764. The molecule has 0 amide bonds. The highest BCUT2D eigenvalue weighted by Gasteiger charge is 1.90. The molecule has 0 heterocycles. The second kappa shape index (κ2) is 10.2. The van der Waals surface area contributed by atoms with Crippen LogP contribution in [0.1, 0.15) is 0 Å². The molecule has 0 saturated heterocycles. The maximum absolute atomic E-state index is 8.81. The highest BCUT2D eigenvalue weighted by atomic mass is 32.2. The van der Waals surface area contributed by atoms with E-state index in [0.717, 1.165) is 0 Å². The first-order chi connectivity index (χ1) is 7.27. The Bertz CT molecular complexity index is 385. The average molecular weight is 272 g/mol. The maximum atomic E-state index is 8.81. The molecule has 1 rings (SSSR count). The summed E-state index contributed by atoms with van der Waals surface area (Å²) >= 11 is 0. The number of para-hydroxylation sites is 2. The molecule has 0 radical (unpaired) electrons. The van der Waals surface area contributed by atoms with Gasteiger partial charge in [0.1, 0.15) is 0 Å². The molecule has 0 atom stereocenters. The molecule has 0 aliphatic carbocycles. The van der Waals surface area contributed by atoms with Crippen LogP contribution in [-0.2, 0) is 21.8 Å². The van der Waals surface area contributed by atoms with Gasteiger partial charge in [-0.05, 0) is 12.1 Å². The molecular formula is C6H12N2O6S2. The number of thiol groups is 2. The van der Waals surface area contributed by atoms with Crippen molar-refractivity contribution in [2.45, 2.75) is 0 Å². The van der Waals surface area contributed by atoms with Gasteiger partial charge >= 0.3 is 0 Å². The van der Waals surface area contributed by atoms with E-state index in [1.165, 1.54) is 12.1 Å². The Morgan fingerprint density at radius 1 is 0.812 bits per heavy atom. The van der Waals surface area contributed by atoms with E-state index in [4.69, 9.17) is 27.0 Å². The third kappa shape index (κ3) is 18.4. The number of phenolic OH excluding ortho intramolecular Hbond substituents is 2. The number of hydrogen-bond acceptors (Lipinski definition) is 6. The van der Waals surface area contributed by atoms with Gasteiger partial charge in [-0.2, -0.15) is 0 Å². The van der Waals surface area contributed by atoms with Crippen molar-refractivity contribution in [1.29, 1.82) is 0 Å². The predicted molar refractivity (Wildman–Crippen MR) is 58.8 cm³/mol. The Morgan fingerprint density at radius 3 is 1.12 bits per heavy atom. The molecule has 16 heavy (non-hydrogen) atoms. The third-order valence-electron chi connectivity index (χ3n) is 0.882. The molecule has 94 valence electrons. The van der Waals surface area contributed by atoms with Crippen molar-refractivity contribution in [3.63, 3.8) is 0 Å². The zero-order valence-corrected chi connectivity index (χ0v) is 9.67. The highest BCUT2D eigenvalue weighted by molar-refractivity contribution is 7.70. The summed E-state index contributed by atoms with van der Waals surface area (Å²) in [6.45, 7) is 0. The minimum Gasteiger partial charge on any atom is -0.504 e. The van der Waals surface area contributed by atoms with Crippen molar-refractivity contribution in [3.05, 3.63) is 24.3 Å². The summed E-state index contributed by atoms with van der Waals surface area (Å²) in [6.07, 6.45) is 0. The Kier molecular flexibility index (Phi) is 10.8. The van der Waals surface area contributed by atoms with Gasteiger partial charge in [0.05, 0.1) is 0 Å². The SMILES string of the molecule is N[SH](=O)=O.N[SH](=O)=O.Oc1ccccc1O. The molecule has 0 saturated carbocycles. The summed E-state index contributed by atoms with van der Waals surface area (Å²) in [5.74, 6) is -0.153. The van der Waals surface area contributed by atoms with Gasteiger partial charge in [0.25, 0.3) is 0 Å². The second-order valence-electron chi connectivity index (χ2n) is 2.06. The average Bonchev–Trinajstić information content (AvgIpc) is 2.08. The van der Waals surface area contributed by atoms with Crippen molar-refractivity contribution in [1.82, 2.24) is 0 Å². The first-order valence-electron chi connectivity index (χ1n) is 3.52. The molecule has 0 aromatic heterocycles. The number of hydrogen-bond donors (Lipinski definition) is 6. The minimum atomic E-state index is -2.62. The second-order valence-corrected chi connectivity index (χ2v) is 3.20. The van der Waals surface area contributed by atoms with Crippen molar-refractivity contribution >= 4 is 21.8 Å². The zero-order valence-electron chi connectivity index (χ0n) is 7.89. The topological polar surface area (TPSA) is 161 Å². The fraction of sp³-hybridized carbons (Fsp3) is 0. The van der Waals surface area contributed by atoms with Crippen LogP contribution in [0.3, 0.4) is 0 Å². The van der Waals surface area contributed by atoms with Crippen LogP contribution in [0.4, 0.5) is 0 Å². The smallest absolute Gasteiger partial charge is 0.198 e. The molecule has 0 aliphatic rings. The van der Waals surface area contributed by atoms with Crippen LogP contribution >= 0.6 is 0 Å². The van der Waals surface area contributed by atoms with Crippen LogP contribution in [0.15, 0.2) is 24.3 Å². The van der Waals surface area contributed by atoms with Crippen LogP contribution < -0.4 is 10.3 Å². The van der Waals surface area contributed by atoms with Crippen molar-refractivity contribution in [3.8, 4) is 11.5 Å². The number of nitrogens with two attached hydrogens (primary N) is 2. The van der Waals surface area contributed by atoms with Crippen LogP contribution in [-0.4, -0.2) is 27.0 Å². The summed E-state index contributed by atoms with van der Waals surface area (Å²) in [4.78, 5) is 0. The lowest BCUT2D eigenvalue weighted by atomic mass is 10.3. The normalized spacial score (nSPS) is 8.75.